The monoisotopic (exact) mass is 263 g/mol. The molecule has 0 aromatic carbocycles. The molecule has 0 unspecified atom stereocenters. The van der Waals surface area contributed by atoms with Gasteiger partial charge in [-0.15, -0.1) is 0 Å². The Balaban J connectivity index is 2.40. The fourth-order valence-corrected chi connectivity index (χ4v) is 2.94. The highest BCUT2D eigenvalue weighted by atomic mass is 32.2. The van der Waals surface area contributed by atoms with Crippen molar-refractivity contribution >= 4 is 16.1 Å². The van der Waals surface area contributed by atoms with Gasteiger partial charge < -0.3 is 10.2 Å². The molecular weight excluding hydrogens is 242 g/mol. The highest BCUT2D eigenvalue weighted by Gasteiger charge is 2.24. The molecule has 1 saturated heterocycles. The van der Waals surface area contributed by atoms with E-state index in [1.807, 2.05) is 0 Å². The zero-order valence-corrected chi connectivity index (χ0v) is 11.4. The van der Waals surface area contributed by atoms with Crippen LogP contribution in [0, 0.1) is 0 Å². The molecule has 1 heterocycles. The number of carbonyl (C=O) groups is 1. The molecule has 6 nitrogen and oxygen atoms in total. The fourth-order valence-electron chi connectivity index (χ4n) is 1.87. The van der Waals surface area contributed by atoms with Crippen molar-refractivity contribution in [3.8, 4) is 0 Å². The van der Waals surface area contributed by atoms with Gasteiger partial charge in [-0.3, -0.25) is 0 Å². The maximum absolute atomic E-state index is 11.7. The summed E-state index contributed by atoms with van der Waals surface area (Å²) >= 11 is 0. The molecule has 0 atom stereocenters. The molecule has 0 saturated carbocycles. The summed E-state index contributed by atoms with van der Waals surface area (Å²) < 4.78 is 24.7. The SMILES string of the molecule is CC(C)(CNC(=O)N1CCCC1)NS(C)(=O)=O. The summed E-state index contributed by atoms with van der Waals surface area (Å²) in [5.41, 5.74) is -0.678. The normalized spacial score (nSPS) is 17.2. The smallest absolute Gasteiger partial charge is 0.317 e. The second-order valence-corrected chi connectivity index (χ2v) is 6.86. The van der Waals surface area contributed by atoms with E-state index in [4.69, 9.17) is 0 Å². The van der Waals surface area contributed by atoms with Crippen molar-refractivity contribution in [1.29, 1.82) is 0 Å². The Morgan fingerprint density at radius 3 is 2.29 bits per heavy atom. The van der Waals surface area contributed by atoms with Gasteiger partial charge in [0.25, 0.3) is 0 Å². The van der Waals surface area contributed by atoms with Crippen LogP contribution in [0.15, 0.2) is 0 Å². The summed E-state index contributed by atoms with van der Waals surface area (Å²) in [6, 6.07) is -0.120. The quantitative estimate of drug-likeness (QED) is 0.756. The van der Waals surface area contributed by atoms with Crippen molar-refractivity contribution in [3.05, 3.63) is 0 Å². The molecule has 100 valence electrons. The predicted octanol–water partition coefficient (Wildman–Crippen LogP) is 0.120. The van der Waals surface area contributed by atoms with Gasteiger partial charge in [-0.2, -0.15) is 0 Å². The lowest BCUT2D eigenvalue weighted by Crippen LogP contribution is -2.52. The average Bonchev–Trinajstić information content (AvgIpc) is 2.63. The number of nitrogens with zero attached hydrogens (tertiary/aromatic N) is 1. The summed E-state index contributed by atoms with van der Waals surface area (Å²) in [4.78, 5) is 13.4. The summed E-state index contributed by atoms with van der Waals surface area (Å²) in [5.74, 6) is 0. The summed E-state index contributed by atoms with van der Waals surface area (Å²) in [5, 5.41) is 2.75. The molecule has 1 aliphatic rings. The number of rotatable bonds is 4. The van der Waals surface area contributed by atoms with Crippen molar-refractivity contribution in [2.75, 3.05) is 25.9 Å². The maximum atomic E-state index is 11.7. The minimum atomic E-state index is -3.26. The van der Waals surface area contributed by atoms with Crippen molar-refractivity contribution in [3.63, 3.8) is 0 Å². The number of urea groups is 1. The van der Waals surface area contributed by atoms with Gasteiger partial charge >= 0.3 is 6.03 Å². The topological polar surface area (TPSA) is 78.5 Å². The molecule has 0 radical (unpaired) electrons. The zero-order valence-electron chi connectivity index (χ0n) is 10.6. The molecule has 1 rings (SSSR count). The zero-order chi connectivity index (χ0) is 13.1. The van der Waals surface area contributed by atoms with Crippen LogP contribution in [0.1, 0.15) is 26.7 Å². The van der Waals surface area contributed by atoms with Crippen LogP contribution in [-0.2, 0) is 10.0 Å². The van der Waals surface area contributed by atoms with Gasteiger partial charge in [0.15, 0.2) is 0 Å². The summed E-state index contributed by atoms with van der Waals surface area (Å²) in [7, 11) is -3.26. The van der Waals surface area contributed by atoms with E-state index in [9.17, 15) is 13.2 Å². The first-order chi connectivity index (χ1) is 7.70. The second-order valence-electron chi connectivity index (χ2n) is 5.11. The lowest BCUT2D eigenvalue weighted by Gasteiger charge is -2.26. The third-order valence-electron chi connectivity index (χ3n) is 2.54. The Morgan fingerprint density at radius 2 is 1.82 bits per heavy atom. The van der Waals surface area contributed by atoms with Gasteiger partial charge in [0, 0.05) is 25.2 Å². The van der Waals surface area contributed by atoms with Crippen LogP contribution in [0.25, 0.3) is 0 Å². The van der Waals surface area contributed by atoms with Gasteiger partial charge in [0.05, 0.1) is 6.26 Å². The highest BCUT2D eigenvalue weighted by Crippen LogP contribution is 2.08. The lowest BCUT2D eigenvalue weighted by atomic mass is 10.1. The Kier molecular flexibility index (Phi) is 4.37. The first-order valence-corrected chi connectivity index (χ1v) is 7.60. The summed E-state index contributed by atoms with van der Waals surface area (Å²) in [6.45, 7) is 5.31. The van der Waals surface area contributed by atoms with Crippen molar-refractivity contribution in [2.24, 2.45) is 0 Å². The predicted molar refractivity (Wildman–Crippen MR) is 66.3 cm³/mol. The lowest BCUT2D eigenvalue weighted by molar-refractivity contribution is 0.205. The van der Waals surface area contributed by atoms with E-state index in [1.165, 1.54) is 0 Å². The molecule has 17 heavy (non-hydrogen) atoms. The molecular formula is C10H21N3O3S. The standard InChI is InChI=1S/C10H21N3O3S/c1-10(2,12-17(3,15)16)8-11-9(14)13-6-4-5-7-13/h12H,4-8H2,1-3H3,(H,11,14). The van der Waals surface area contributed by atoms with Crippen LogP contribution >= 0.6 is 0 Å². The van der Waals surface area contributed by atoms with Crippen LogP contribution in [0.3, 0.4) is 0 Å². The first kappa shape index (κ1) is 14.2. The third kappa shape index (κ3) is 5.36. The minimum absolute atomic E-state index is 0.120. The van der Waals surface area contributed by atoms with Crippen molar-refractivity contribution in [1.82, 2.24) is 14.9 Å². The molecule has 0 aliphatic carbocycles. The number of amides is 2. The van der Waals surface area contributed by atoms with Gasteiger partial charge in [-0.05, 0) is 26.7 Å². The molecule has 1 aliphatic heterocycles. The van der Waals surface area contributed by atoms with E-state index in [0.29, 0.717) is 0 Å². The Labute approximate surface area is 103 Å². The second kappa shape index (κ2) is 5.22. The van der Waals surface area contributed by atoms with Crippen LogP contribution in [0.2, 0.25) is 0 Å². The maximum Gasteiger partial charge on any atom is 0.317 e. The average molecular weight is 263 g/mol. The molecule has 0 bridgehead atoms. The number of carbonyl (C=O) groups excluding carboxylic acids is 1. The van der Waals surface area contributed by atoms with Crippen molar-refractivity contribution in [2.45, 2.75) is 32.2 Å². The molecule has 1 fully saturated rings. The van der Waals surface area contributed by atoms with Gasteiger partial charge in [-0.25, -0.2) is 17.9 Å². The number of hydrogen-bond acceptors (Lipinski definition) is 3. The minimum Gasteiger partial charge on any atom is -0.336 e. The molecule has 0 aromatic heterocycles. The van der Waals surface area contributed by atoms with E-state index in [1.54, 1.807) is 18.7 Å². The van der Waals surface area contributed by atoms with Crippen LogP contribution in [0.5, 0.6) is 0 Å². The fraction of sp³-hybridized carbons (Fsp3) is 0.900. The van der Waals surface area contributed by atoms with Crippen LogP contribution in [-0.4, -0.2) is 50.8 Å². The Bertz CT molecular complexity index is 372. The van der Waals surface area contributed by atoms with Gasteiger partial charge in [0.2, 0.25) is 10.0 Å². The third-order valence-corrected chi connectivity index (χ3v) is 3.46. The van der Waals surface area contributed by atoms with E-state index in [0.717, 1.165) is 32.2 Å². The first-order valence-electron chi connectivity index (χ1n) is 5.71. The van der Waals surface area contributed by atoms with Crippen molar-refractivity contribution < 1.29 is 13.2 Å². The molecule has 2 amide bonds. The van der Waals surface area contributed by atoms with E-state index in [-0.39, 0.29) is 12.6 Å². The van der Waals surface area contributed by atoms with E-state index >= 15 is 0 Å². The Hall–Kier alpha value is -0.820. The number of hydrogen-bond donors (Lipinski definition) is 2. The van der Waals surface area contributed by atoms with E-state index < -0.39 is 15.6 Å². The number of likely N-dealkylation sites (tertiary alicyclic amines) is 1. The number of sulfonamides is 1. The van der Waals surface area contributed by atoms with Gasteiger partial charge in [0.1, 0.15) is 0 Å². The van der Waals surface area contributed by atoms with Gasteiger partial charge in [-0.1, -0.05) is 0 Å². The highest BCUT2D eigenvalue weighted by molar-refractivity contribution is 7.88. The van der Waals surface area contributed by atoms with E-state index in [2.05, 4.69) is 10.0 Å². The molecule has 2 N–H and O–H groups in total. The summed E-state index contributed by atoms with van der Waals surface area (Å²) in [6.07, 6.45) is 3.19. The Morgan fingerprint density at radius 1 is 1.29 bits per heavy atom. The van der Waals surface area contributed by atoms with Crippen LogP contribution < -0.4 is 10.0 Å². The number of nitrogens with one attached hydrogen (secondary N) is 2. The van der Waals surface area contributed by atoms with Crippen LogP contribution in [0.4, 0.5) is 4.79 Å². The molecule has 7 heteroatoms. The largest absolute Gasteiger partial charge is 0.336 e. The molecule has 0 spiro atoms. The molecule has 0 aromatic rings.